The smallest absolute Gasteiger partial charge is 0.0220 e. The van der Waals surface area contributed by atoms with Crippen LogP contribution in [0.3, 0.4) is 0 Å². The van der Waals surface area contributed by atoms with Gasteiger partial charge < -0.3 is 5.32 Å². The molecular formula is C11H24N2S. The van der Waals surface area contributed by atoms with Gasteiger partial charge in [0.15, 0.2) is 0 Å². The van der Waals surface area contributed by atoms with Gasteiger partial charge in [0, 0.05) is 24.9 Å². The van der Waals surface area contributed by atoms with Gasteiger partial charge in [0.25, 0.3) is 0 Å². The van der Waals surface area contributed by atoms with Crippen LogP contribution in [0.5, 0.6) is 0 Å². The molecule has 1 N–H and O–H groups in total. The normalized spacial score (nSPS) is 24.0. The molecule has 1 atom stereocenters. The summed E-state index contributed by atoms with van der Waals surface area (Å²) in [4.78, 5) is 2.67. The number of nitrogens with one attached hydrogen (secondary N) is 1. The Labute approximate surface area is 92.8 Å². The van der Waals surface area contributed by atoms with Crippen molar-refractivity contribution in [3.8, 4) is 0 Å². The lowest BCUT2D eigenvalue weighted by Crippen LogP contribution is -2.45. The van der Waals surface area contributed by atoms with Gasteiger partial charge in [-0.25, -0.2) is 0 Å². The highest BCUT2D eigenvalue weighted by Crippen LogP contribution is 2.16. The van der Waals surface area contributed by atoms with E-state index in [-0.39, 0.29) is 0 Å². The van der Waals surface area contributed by atoms with E-state index in [0.29, 0.717) is 0 Å². The number of nitrogens with zero attached hydrogens (tertiary/aromatic N) is 1. The van der Waals surface area contributed by atoms with E-state index >= 15 is 0 Å². The first-order valence-electron chi connectivity index (χ1n) is 5.85. The summed E-state index contributed by atoms with van der Waals surface area (Å²) in [5.74, 6) is 2.56. The van der Waals surface area contributed by atoms with E-state index in [1.54, 1.807) is 0 Å². The molecule has 0 aliphatic carbocycles. The topological polar surface area (TPSA) is 15.3 Å². The fourth-order valence-electron chi connectivity index (χ4n) is 2.15. The molecule has 1 aliphatic heterocycles. The number of piperidine rings is 1. The molecule has 1 fully saturated rings. The van der Waals surface area contributed by atoms with E-state index in [9.17, 15) is 0 Å². The molecule has 2 nitrogen and oxygen atoms in total. The summed E-state index contributed by atoms with van der Waals surface area (Å²) in [6.45, 7) is 6.00. The Hall–Kier alpha value is 0.270. The first-order chi connectivity index (χ1) is 6.88. The van der Waals surface area contributed by atoms with Crippen LogP contribution in [0.25, 0.3) is 0 Å². The van der Waals surface area contributed by atoms with Gasteiger partial charge >= 0.3 is 0 Å². The Kier molecular flexibility index (Phi) is 6.65. The standard InChI is InChI=1S/C11H24N2S/c1-3-14-9-8-13-7-5-4-6-11(13)10-12-2/h11-12H,3-10H2,1-2H3. The quantitative estimate of drug-likeness (QED) is 0.682. The SMILES string of the molecule is CCSCCN1CCCCC1CNC. The van der Waals surface area contributed by atoms with Crippen molar-refractivity contribution in [2.24, 2.45) is 0 Å². The third-order valence-corrected chi connectivity index (χ3v) is 3.80. The minimum absolute atomic E-state index is 0.797. The number of likely N-dealkylation sites (tertiary alicyclic amines) is 1. The first kappa shape index (κ1) is 12.3. The van der Waals surface area contributed by atoms with E-state index < -0.39 is 0 Å². The predicted molar refractivity (Wildman–Crippen MR) is 66.1 cm³/mol. The Morgan fingerprint density at radius 1 is 1.43 bits per heavy atom. The van der Waals surface area contributed by atoms with Gasteiger partial charge in [-0.2, -0.15) is 11.8 Å². The summed E-state index contributed by atoms with van der Waals surface area (Å²) in [5, 5.41) is 3.31. The number of likely N-dealkylation sites (N-methyl/N-ethyl adjacent to an activating group) is 1. The Balaban J connectivity index is 2.22. The van der Waals surface area contributed by atoms with Crippen molar-refractivity contribution in [2.75, 3.05) is 38.2 Å². The van der Waals surface area contributed by atoms with Gasteiger partial charge in [0.05, 0.1) is 0 Å². The Morgan fingerprint density at radius 2 is 2.29 bits per heavy atom. The lowest BCUT2D eigenvalue weighted by Gasteiger charge is -2.35. The molecule has 1 rings (SSSR count). The Bertz CT molecular complexity index is 139. The molecule has 1 unspecified atom stereocenters. The molecule has 3 heteroatoms. The highest BCUT2D eigenvalue weighted by molar-refractivity contribution is 7.99. The molecule has 84 valence electrons. The highest BCUT2D eigenvalue weighted by Gasteiger charge is 2.20. The van der Waals surface area contributed by atoms with Crippen LogP contribution in [0.4, 0.5) is 0 Å². The minimum Gasteiger partial charge on any atom is -0.318 e. The average Bonchev–Trinajstić information content (AvgIpc) is 2.21. The molecule has 0 aromatic carbocycles. The second kappa shape index (κ2) is 7.55. The van der Waals surface area contributed by atoms with Crippen LogP contribution < -0.4 is 5.32 Å². The largest absolute Gasteiger partial charge is 0.318 e. The molecule has 0 bridgehead atoms. The molecule has 0 aromatic rings. The maximum absolute atomic E-state index is 3.31. The van der Waals surface area contributed by atoms with Crippen molar-refractivity contribution < 1.29 is 0 Å². The zero-order valence-corrected chi connectivity index (χ0v) is 10.4. The van der Waals surface area contributed by atoms with E-state index in [0.717, 1.165) is 12.6 Å². The van der Waals surface area contributed by atoms with Crippen molar-refractivity contribution in [2.45, 2.75) is 32.2 Å². The molecular weight excluding hydrogens is 192 g/mol. The van der Waals surface area contributed by atoms with E-state index in [4.69, 9.17) is 0 Å². The third kappa shape index (κ3) is 4.20. The van der Waals surface area contributed by atoms with Crippen LogP contribution in [-0.4, -0.2) is 49.1 Å². The molecule has 1 saturated heterocycles. The molecule has 1 heterocycles. The van der Waals surface area contributed by atoms with Crippen LogP contribution in [0, 0.1) is 0 Å². The summed E-state index contributed by atoms with van der Waals surface area (Å²) < 4.78 is 0. The van der Waals surface area contributed by atoms with Crippen LogP contribution in [0.15, 0.2) is 0 Å². The van der Waals surface area contributed by atoms with Crippen LogP contribution in [-0.2, 0) is 0 Å². The minimum atomic E-state index is 0.797. The fraction of sp³-hybridized carbons (Fsp3) is 1.00. The third-order valence-electron chi connectivity index (χ3n) is 2.92. The summed E-state index contributed by atoms with van der Waals surface area (Å²) >= 11 is 2.06. The second-order valence-corrected chi connectivity index (χ2v) is 5.33. The van der Waals surface area contributed by atoms with Gasteiger partial charge in [0.2, 0.25) is 0 Å². The van der Waals surface area contributed by atoms with Crippen LogP contribution in [0.2, 0.25) is 0 Å². The predicted octanol–water partition coefficient (Wildman–Crippen LogP) is 1.81. The first-order valence-corrected chi connectivity index (χ1v) is 7.00. The molecule has 14 heavy (non-hydrogen) atoms. The molecule has 0 saturated carbocycles. The zero-order chi connectivity index (χ0) is 10.2. The number of hydrogen-bond donors (Lipinski definition) is 1. The van der Waals surface area contributed by atoms with E-state index in [2.05, 4.69) is 35.9 Å². The van der Waals surface area contributed by atoms with Gasteiger partial charge in [-0.3, -0.25) is 4.90 Å². The Morgan fingerprint density at radius 3 is 3.00 bits per heavy atom. The summed E-state index contributed by atoms with van der Waals surface area (Å²) in [7, 11) is 2.06. The molecule has 0 spiro atoms. The second-order valence-electron chi connectivity index (χ2n) is 3.94. The van der Waals surface area contributed by atoms with Gasteiger partial charge in [0.1, 0.15) is 0 Å². The van der Waals surface area contributed by atoms with Gasteiger partial charge in [-0.1, -0.05) is 13.3 Å². The zero-order valence-electron chi connectivity index (χ0n) is 9.59. The van der Waals surface area contributed by atoms with Crippen LogP contribution in [0.1, 0.15) is 26.2 Å². The van der Waals surface area contributed by atoms with E-state index in [1.807, 2.05) is 0 Å². The van der Waals surface area contributed by atoms with Crippen LogP contribution >= 0.6 is 11.8 Å². The molecule has 0 amide bonds. The summed E-state index contributed by atoms with van der Waals surface area (Å²) in [6.07, 6.45) is 4.21. The van der Waals surface area contributed by atoms with Crippen molar-refractivity contribution in [3.05, 3.63) is 0 Å². The molecule has 0 radical (unpaired) electrons. The molecule has 0 aromatic heterocycles. The van der Waals surface area contributed by atoms with E-state index in [1.165, 1.54) is 43.9 Å². The van der Waals surface area contributed by atoms with Crippen molar-refractivity contribution in [1.82, 2.24) is 10.2 Å². The molecule has 1 aliphatic rings. The summed E-state index contributed by atoms with van der Waals surface area (Å²) in [5.41, 5.74) is 0. The lowest BCUT2D eigenvalue weighted by molar-refractivity contribution is 0.157. The van der Waals surface area contributed by atoms with Crippen molar-refractivity contribution in [3.63, 3.8) is 0 Å². The number of hydrogen-bond acceptors (Lipinski definition) is 3. The lowest BCUT2D eigenvalue weighted by atomic mass is 10.0. The number of thioether (sulfide) groups is 1. The van der Waals surface area contributed by atoms with Crippen molar-refractivity contribution in [1.29, 1.82) is 0 Å². The monoisotopic (exact) mass is 216 g/mol. The highest BCUT2D eigenvalue weighted by atomic mass is 32.2. The summed E-state index contributed by atoms with van der Waals surface area (Å²) in [6, 6.07) is 0.797. The fourth-order valence-corrected chi connectivity index (χ4v) is 2.80. The average molecular weight is 216 g/mol. The maximum atomic E-state index is 3.31. The van der Waals surface area contributed by atoms with Crippen molar-refractivity contribution >= 4 is 11.8 Å². The van der Waals surface area contributed by atoms with Gasteiger partial charge in [-0.15, -0.1) is 0 Å². The maximum Gasteiger partial charge on any atom is 0.0220 e. The number of rotatable bonds is 6. The van der Waals surface area contributed by atoms with Gasteiger partial charge in [-0.05, 0) is 32.2 Å².